The third-order valence-electron chi connectivity index (χ3n) is 12.4. The normalized spacial score (nSPS) is 15.8. The maximum atomic E-state index is 15.5. The van der Waals surface area contributed by atoms with Crippen molar-refractivity contribution in [3.63, 3.8) is 0 Å². The minimum absolute atomic E-state index is 0.0524. The second-order valence-corrected chi connectivity index (χ2v) is 23.7. The molecule has 2 amide bonds. The van der Waals surface area contributed by atoms with Gasteiger partial charge in [-0.1, -0.05) is 210 Å². The van der Waals surface area contributed by atoms with Crippen LogP contribution in [-0.2, 0) is 55.2 Å². The summed E-state index contributed by atoms with van der Waals surface area (Å²) in [6, 6.07) is 30.7. The van der Waals surface area contributed by atoms with Crippen molar-refractivity contribution in [2.75, 3.05) is 0 Å². The molecule has 0 saturated carbocycles. The predicted molar refractivity (Wildman–Crippen MR) is 253 cm³/mol. The van der Waals surface area contributed by atoms with Crippen LogP contribution in [0.1, 0.15) is 180 Å². The monoisotopic (exact) mass is 805 g/mol. The zero-order valence-electron chi connectivity index (χ0n) is 40.2. The summed E-state index contributed by atoms with van der Waals surface area (Å²) in [5.41, 5.74) is 13.0. The van der Waals surface area contributed by atoms with Gasteiger partial charge in [0.2, 0.25) is 0 Å². The lowest BCUT2D eigenvalue weighted by molar-refractivity contribution is -0.124. The van der Waals surface area contributed by atoms with E-state index in [2.05, 4.69) is 210 Å². The fourth-order valence-corrected chi connectivity index (χ4v) is 8.22. The van der Waals surface area contributed by atoms with Crippen molar-refractivity contribution in [2.45, 2.75) is 170 Å². The lowest BCUT2D eigenvalue weighted by atomic mass is 9.79. The molecule has 0 spiro atoms. The Morgan fingerprint density at radius 3 is 0.783 bits per heavy atom. The summed E-state index contributed by atoms with van der Waals surface area (Å²) in [5, 5.41) is 0. The van der Waals surface area contributed by atoms with Crippen LogP contribution in [0.25, 0.3) is 11.4 Å². The second-order valence-electron chi connectivity index (χ2n) is 23.7. The van der Waals surface area contributed by atoms with E-state index in [9.17, 15) is 0 Å². The Hall–Kier alpha value is -4.70. The predicted octanol–water partition coefficient (Wildman–Crippen LogP) is 13.7. The number of nitrogens with zero attached hydrogens (tertiary/aromatic N) is 2. The maximum absolute atomic E-state index is 15.5. The smallest absolute Gasteiger partial charge is 0.261 e. The van der Waals surface area contributed by atoms with Gasteiger partial charge in [-0.2, -0.15) is 0 Å². The molecule has 0 N–H and O–H groups in total. The van der Waals surface area contributed by atoms with E-state index < -0.39 is 0 Å². The van der Waals surface area contributed by atoms with Crippen LogP contribution in [0.2, 0.25) is 0 Å². The summed E-state index contributed by atoms with van der Waals surface area (Å²) < 4.78 is 0. The Balaban J connectivity index is 1.62. The highest BCUT2D eigenvalue weighted by molar-refractivity contribution is 6.30. The number of benzene rings is 4. The summed E-state index contributed by atoms with van der Waals surface area (Å²) in [7, 11) is 0. The van der Waals surface area contributed by atoms with Crippen molar-refractivity contribution in [1.82, 2.24) is 9.80 Å². The first-order chi connectivity index (χ1) is 27.4. The molecule has 0 aliphatic carbocycles. The lowest BCUT2D eigenvalue weighted by Gasteiger charge is -2.30. The molecule has 0 fully saturated rings. The minimum atomic E-state index is -0.136. The van der Waals surface area contributed by atoms with Crippen LogP contribution >= 0.6 is 0 Å². The zero-order chi connectivity index (χ0) is 44.7. The largest absolute Gasteiger partial charge is 0.302 e. The SMILES string of the molecule is CC(C)(C)c1ccc(C2=C3C(=O)N(Cc4cc(C(C)(C)C)cc(C(C)(C)C)c4)C(c4ccc(C(C)(C)C)cc4)=C3C(=O)N2Cc2cc(C(C)(C)C)cc(C(C)(C)C)c2)cc1. The van der Waals surface area contributed by atoms with Crippen molar-refractivity contribution in [2.24, 2.45) is 0 Å². The van der Waals surface area contributed by atoms with Gasteiger partial charge in [0.25, 0.3) is 11.8 Å². The van der Waals surface area contributed by atoms with Gasteiger partial charge in [-0.3, -0.25) is 9.59 Å². The number of carbonyl (C=O) groups is 2. The molecule has 2 aliphatic rings. The number of rotatable bonds is 6. The summed E-state index contributed by atoms with van der Waals surface area (Å²) >= 11 is 0. The fraction of sp³-hybridized carbons (Fsp3) is 0.464. The quantitative estimate of drug-likeness (QED) is 0.195. The third kappa shape index (κ3) is 9.00. The Bertz CT molecular complexity index is 2140. The van der Waals surface area contributed by atoms with Crippen LogP contribution in [0, 0.1) is 0 Å². The maximum Gasteiger partial charge on any atom is 0.261 e. The molecule has 318 valence electrons. The molecule has 60 heavy (non-hydrogen) atoms. The van der Waals surface area contributed by atoms with E-state index in [1.54, 1.807) is 0 Å². The molecule has 4 heteroatoms. The minimum Gasteiger partial charge on any atom is -0.302 e. The van der Waals surface area contributed by atoms with Gasteiger partial charge in [0.15, 0.2) is 0 Å². The van der Waals surface area contributed by atoms with E-state index in [1.807, 2.05) is 9.80 Å². The van der Waals surface area contributed by atoms with Gasteiger partial charge in [-0.15, -0.1) is 0 Å². The fourth-order valence-electron chi connectivity index (χ4n) is 8.22. The molecule has 0 radical (unpaired) electrons. The molecule has 2 aliphatic heterocycles. The number of amides is 2. The second kappa shape index (κ2) is 15.0. The van der Waals surface area contributed by atoms with Gasteiger partial charge in [0.05, 0.1) is 35.6 Å². The molecule has 0 aromatic heterocycles. The highest BCUT2D eigenvalue weighted by atomic mass is 16.2. The average Bonchev–Trinajstić information content (AvgIpc) is 3.55. The molecule has 0 bridgehead atoms. The number of carbonyl (C=O) groups excluding carboxylic acids is 2. The standard InChI is InChI=1S/C56H72N2O2/c1-51(2,3)39-23-19-37(20-24-39)47-45-46(50(60)57(47)33-35-27-41(53(7,8)9)31-42(28-35)54(10,11)12)48(38-21-25-40(26-22-38)52(4,5)6)58(49(45)59)34-36-29-43(55(13,14)15)32-44(30-36)56(16,17)18/h19-32H,33-34H2,1-18H3. The first-order valence-corrected chi connectivity index (χ1v) is 22.0. The van der Waals surface area contributed by atoms with Gasteiger partial charge in [-0.25, -0.2) is 0 Å². The van der Waals surface area contributed by atoms with Gasteiger partial charge < -0.3 is 9.80 Å². The topological polar surface area (TPSA) is 40.6 Å². The summed E-state index contributed by atoms with van der Waals surface area (Å²) in [5.74, 6) is -0.272. The average molecular weight is 805 g/mol. The Morgan fingerprint density at radius 1 is 0.333 bits per heavy atom. The lowest BCUT2D eigenvalue weighted by Crippen LogP contribution is -2.30. The Morgan fingerprint density at radius 2 is 0.567 bits per heavy atom. The first-order valence-electron chi connectivity index (χ1n) is 22.0. The third-order valence-corrected chi connectivity index (χ3v) is 12.4. The van der Waals surface area contributed by atoms with E-state index in [-0.39, 0.29) is 44.3 Å². The van der Waals surface area contributed by atoms with Crippen LogP contribution in [0.4, 0.5) is 0 Å². The number of hydrogen-bond acceptors (Lipinski definition) is 2. The van der Waals surface area contributed by atoms with Crippen LogP contribution in [0.5, 0.6) is 0 Å². The Labute approximate surface area is 363 Å². The van der Waals surface area contributed by atoms with E-state index in [4.69, 9.17) is 0 Å². The molecular weight excluding hydrogens is 733 g/mol. The van der Waals surface area contributed by atoms with Crippen LogP contribution < -0.4 is 0 Å². The number of fused-ring (bicyclic) bond motifs is 1. The van der Waals surface area contributed by atoms with E-state index in [0.717, 1.165) is 22.3 Å². The van der Waals surface area contributed by atoms with Crippen LogP contribution in [0.15, 0.2) is 96.1 Å². The molecule has 6 rings (SSSR count). The molecule has 4 aromatic rings. The van der Waals surface area contributed by atoms with Gasteiger partial charge in [0.1, 0.15) is 0 Å². The first kappa shape index (κ1) is 44.8. The molecule has 0 unspecified atom stereocenters. The van der Waals surface area contributed by atoms with E-state index in [0.29, 0.717) is 35.6 Å². The van der Waals surface area contributed by atoms with Crippen molar-refractivity contribution >= 4 is 23.2 Å². The van der Waals surface area contributed by atoms with Gasteiger partial charge in [0, 0.05) is 0 Å². The van der Waals surface area contributed by atoms with E-state index >= 15 is 9.59 Å². The van der Waals surface area contributed by atoms with Crippen LogP contribution in [0.3, 0.4) is 0 Å². The summed E-state index contributed by atoms with van der Waals surface area (Å²) in [6.45, 7) is 40.8. The molecule has 0 atom stereocenters. The number of hydrogen-bond donors (Lipinski definition) is 0. The molecular formula is C56H72N2O2. The van der Waals surface area contributed by atoms with Crippen molar-refractivity contribution in [3.05, 3.63) is 152 Å². The molecule has 4 aromatic carbocycles. The van der Waals surface area contributed by atoms with Crippen molar-refractivity contribution in [1.29, 1.82) is 0 Å². The molecule has 2 heterocycles. The van der Waals surface area contributed by atoms with E-state index in [1.165, 1.54) is 33.4 Å². The Kier molecular flexibility index (Phi) is 11.2. The van der Waals surface area contributed by atoms with Crippen molar-refractivity contribution < 1.29 is 9.59 Å². The van der Waals surface area contributed by atoms with Crippen molar-refractivity contribution in [3.8, 4) is 0 Å². The zero-order valence-corrected chi connectivity index (χ0v) is 40.2. The molecule has 4 nitrogen and oxygen atoms in total. The highest BCUT2D eigenvalue weighted by Crippen LogP contribution is 2.48. The summed E-state index contributed by atoms with van der Waals surface area (Å²) in [6.07, 6.45) is 0. The highest BCUT2D eigenvalue weighted by Gasteiger charge is 2.49. The van der Waals surface area contributed by atoms with Gasteiger partial charge >= 0.3 is 0 Å². The molecule has 0 saturated heterocycles. The van der Waals surface area contributed by atoms with Gasteiger partial charge in [-0.05, 0) is 88.1 Å². The summed E-state index contributed by atoms with van der Waals surface area (Å²) in [4.78, 5) is 34.9. The van der Waals surface area contributed by atoms with Crippen LogP contribution in [-0.4, -0.2) is 21.6 Å².